The van der Waals surface area contributed by atoms with Crippen molar-refractivity contribution >= 4 is 17.9 Å². The number of primary amides is 1. The van der Waals surface area contributed by atoms with Gasteiger partial charge in [-0.05, 0) is 26.7 Å². The lowest BCUT2D eigenvalue weighted by Gasteiger charge is -2.31. The van der Waals surface area contributed by atoms with Crippen LogP contribution < -0.4 is 16.4 Å². The van der Waals surface area contributed by atoms with E-state index < -0.39 is 35.4 Å². The van der Waals surface area contributed by atoms with E-state index in [1.54, 1.807) is 0 Å². The molecule has 7 nitrogen and oxygen atoms in total. The number of carbonyl (C=O) groups excluding carboxylic acids is 2. The van der Waals surface area contributed by atoms with Crippen LogP contribution in [0.25, 0.3) is 0 Å². The summed E-state index contributed by atoms with van der Waals surface area (Å²) in [5.41, 5.74) is 3.98. The van der Waals surface area contributed by atoms with Gasteiger partial charge >= 0.3 is 12.0 Å². The van der Waals surface area contributed by atoms with Crippen LogP contribution >= 0.6 is 0 Å². The lowest BCUT2D eigenvalue weighted by atomic mass is 9.84. The zero-order valence-corrected chi connectivity index (χ0v) is 11.2. The number of amides is 3. The van der Waals surface area contributed by atoms with Gasteiger partial charge in [-0.15, -0.1) is 0 Å². The van der Waals surface area contributed by atoms with Crippen LogP contribution in [0, 0.1) is 5.92 Å². The third kappa shape index (κ3) is 4.11. The van der Waals surface area contributed by atoms with Crippen molar-refractivity contribution in [3.63, 3.8) is 0 Å². The highest BCUT2D eigenvalue weighted by Gasteiger charge is 2.33. The first kappa shape index (κ1) is 15.3. The fourth-order valence-corrected chi connectivity index (χ4v) is 2.15. The largest absolute Gasteiger partial charge is 0.481 e. The second kappa shape index (κ2) is 5.90. The second-order valence-corrected chi connectivity index (χ2v) is 5.42. The summed E-state index contributed by atoms with van der Waals surface area (Å²) in [6.45, 7) is 2.98. The number of nitrogens with one attached hydrogen (secondary N) is 2. The average Bonchev–Trinajstić information content (AvgIpc) is 2.28. The third-order valence-electron chi connectivity index (χ3n) is 3.44. The van der Waals surface area contributed by atoms with Gasteiger partial charge < -0.3 is 21.5 Å². The van der Waals surface area contributed by atoms with Gasteiger partial charge in [0.2, 0.25) is 5.91 Å². The maximum Gasteiger partial charge on any atom is 0.315 e. The van der Waals surface area contributed by atoms with Crippen molar-refractivity contribution in [2.75, 3.05) is 0 Å². The Morgan fingerprint density at radius 2 is 1.79 bits per heavy atom. The van der Waals surface area contributed by atoms with Crippen molar-refractivity contribution in [3.8, 4) is 0 Å². The van der Waals surface area contributed by atoms with Crippen LogP contribution in [0.2, 0.25) is 0 Å². The topological polar surface area (TPSA) is 122 Å². The fourth-order valence-electron chi connectivity index (χ4n) is 2.15. The Kier molecular flexibility index (Phi) is 4.74. The zero-order valence-electron chi connectivity index (χ0n) is 11.2. The van der Waals surface area contributed by atoms with E-state index in [4.69, 9.17) is 10.8 Å². The summed E-state index contributed by atoms with van der Waals surface area (Å²) in [4.78, 5) is 34.0. The van der Waals surface area contributed by atoms with E-state index in [-0.39, 0.29) is 0 Å². The molecule has 0 aliphatic heterocycles. The molecule has 0 aromatic carbocycles. The highest BCUT2D eigenvalue weighted by molar-refractivity contribution is 5.89. The summed E-state index contributed by atoms with van der Waals surface area (Å²) in [7, 11) is 0. The monoisotopic (exact) mass is 271 g/mol. The summed E-state index contributed by atoms with van der Waals surface area (Å²) < 4.78 is 0. The molecule has 0 radical (unpaired) electrons. The van der Waals surface area contributed by atoms with Gasteiger partial charge in [0.25, 0.3) is 0 Å². The Morgan fingerprint density at radius 1 is 1.21 bits per heavy atom. The number of hydrogen-bond acceptors (Lipinski definition) is 3. The van der Waals surface area contributed by atoms with Gasteiger partial charge in [-0.1, -0.05) is 12.8 Å². The van der Waals surface area contributed by atoms with Gasteiger partial charge in [-0.25, -0.2) is 4.79 Å². The van der Waals surface area contributed by atoms with E-state index >= 15 is 0 Å². The number of carbonyl (C=O) groups is 3. The number of aliphatic carboxylic acids is 1. The molecule has 5 N–H and O–H groups in total. The van der Waals surface area contributed by atoms with Crippen LogP contribution in [-0.4, -0.2) is 34.6 Å². The average molecular weight is 271 g/mol. The van der Waals surface area contributed by atoms with E-state index in [1.165, 1.54) is 13.8 Å². The maximum absolute atomic E-state index is 11.8. The quantitative estimate of drug-likeness (QED) is 0.583. The molecule has 3 amide bonds. The molecular formula is C12H21N3O4. The van der Waals surface area contributed by atoms with Crippen LogP contribution in [0.5, 0.6) is 0 Å². The zero-order chi connectivity index (χ0) is 14.6. The molecule has 1 saturated carbocycles. The van der Waals surface area contributed by atoms with Gasteiger partial charge in [0.15, 0.2) is 0 Å². The minimum absolute atomic E-state index is 0.407. The Labute approximate surface area is 111 Å². The van der Waals surface area contributed by atoms with Crippen LogP contribution in [0.4, 0.5) is 4.79 Å². The van der Waals surface area contributed by atoms with Crippen LogP contribution in [-0.2, 0) is 9.59 Å². The predicted octanol–water partition coefficient (Wildman–Crippen LogP) is 0.193. The standard InChI is InChI=1S/C12H21N3O4/c1-12(2,10(13)18)15-11(19)14-8-6-4-3-5-7(8)9(16)17/h7-8H,3-6H2,1-2H3,(H2,13,18)(H,16,17)(H2,14,15,19). The Balaban J connectivity index is 2.60. The van der Waals surface area contributed by atoms with Crippen LogP contribution in [0.3, 0.4) is 0 Å². The molecule has 19 heavy (non-hydrogen) atoms. The molecule has 0 saturated heterocycles. The van der Waals surface area contributed by atoms with Gasteiger partial charge in [-0.2, -0.15) is 0 Å². The second-order valence-electron chi connectivity index (χ2n) is 5.42. The van der Waals surface area contributed by atoms with E-state index in [2.05, 4.69) is 10.6 Å². The molecule has 0 aromatic rings. The van der Waals surface area contributed by atoms with Crippen LogP contribution in [0.1, 0.15) is 39.5 Å². The third-order valence-corrected chi connectivity index (χ3v) is 3.44. The molecule has 0 spiro atoms. The number of nitrogens with two attached hydrogens (primary N) is 1. The highest BCUT2D eigenvalue weighted by atomic mass is 16.4. The van der Waals surface area contributed by atoms with Crippen molar-refractivity contribution in [2.45, 2.75) is 51.1 Å². The lowest BCUT2D eigenvalue weighted by molar-refractivity contribution is -0.143. The molecule has 1 aliphatic carbocycles. The minimum atomic E-state index is -1.17. The molecule has 1 fully saturated rings. The molecule has 2 unspecified atom stereocenters. The molecule has 2 atom stereocenters. The SMILES string of the molecule is CC(C)(NC(=O)NC1CCCCC1C(=O)O)C(N)=O. The number of rotatable bonds is 4. The normalized spacial score (nSPS) is 23.5. The van der Waals surface area contributed by atoms with E-state index in [0.717, 1.165) is 12.8 Å². The highest BCUT2D eigenvalue weighted by Crippen LogP contribution is 2.24. The molecule has 1 rings (SSSR count). The van der Waals surface area contributed by atoms with Crippen molar-refractivity contribution in [1.29, 1.82) is 0 Å². The minimum Gasteiger partial charge on any atom is -0.481 e. The molecule has 0 heterocycles. The maximum atomic E-state index is 11.8. The van der Waals surface area contributed by atoms with Gasteiger partial charge in [0, 0.05) is 6.04 Å². The molecule has 0 bridgehead atoms. The van der Waals surface area contributed by atoms with Crippen molar-refractivity contribution in [3.05, 3.63) is 0 Å². The first-order valence-electron chi connectivity index (χ1n) is 6.35. The van der Waals surface area contributed by atoms with E-state index in [1.807, 2.05) is 0 Å². The van der Waals surface area contributed by atoms with Crippen molar-refractivity contribution < 1.29 is 19.5 Å². The van der Waals surface area contributed by atoms with Gasteiger partial charge in [0.05, 0.1) is 5.92 Å². The first-order chi connectivity index (χ1) is 8.74. The number of carboxylic acids is 1. The summed E-state index contributed by atoms with van der Waals surface area (Å²) in [6, 6.07) is -0.975. The van der Waals surface area contributed by atoms with Gasteiger partial charge in [0.1, 0.15) is 5.54 Å². The lowest BCUT2D eigenvalue weighted by Crippen LogP contribution is -2.58. The van der Waals surface area contributed by atoms with E-state index in [9.17, 15) is 14.4 Å². The van der Waals surface area contributed by atoms with Crippen molar-refractivity contribution in [1.82, 2.24) is 10.6 Å². The number of urea groups is 1. The Bertz CT molecular complexity index is 381. The summed E-state index contributed by atoms with van der Waals surface area (Å²) >= 11 is 0. The van der Waals surface area contributed by atoms with Crippen LogP contribution in [0.15, 0.2) is 0 Å². The molecule has 108 valence electrons. The number of hydrogen-bond donors (Lipinski definition) is 4. The molecular weight excluding hydrogens is 250 g/mol. The first-order valence-corrected chi connectivity index (χ1v) is 6.35. The molecule has 0 aromatic heterocycles. The number of carboxylic acid groups (broad SMARTS) is 1. The Hall–Kier alpha value is -1.79. The summed E-state index contributed by atoms with van der Waals surface area (Å²) in [5, 5.41) is 14.2. The van der Waals surface area contributed by atoms with E-state index in [0.29, 0.717) is 12.8 Å². The van der Waals surface area contributed by atoms with Crippen molar-refractivity contribution in [2.24, 2.45) is 11.7 Å². The molecule has 1 aliphatic rings. The molecule has 7 heteroatoms. The summed E-state index contributed by atoms with van der Waals surface area (Å²) in [6.07, 6.45) is 2.92. The Morgan fingerprint density at radius 3 is 2.32 bits per heavy atom. The fraction of sp³-hybridized carbons (Fsp3) is 0.750. The summed E-state index contributed by atoms with van der Waals surface area (Å²) in [5.74, 6) is -2.13. The van der Waals surface area contributed by atoms with Gasteiger partial charge in [-0.3, -0.25) is 9.59 Å². The predicted molar refractivity (Wildman–Crippen MR) is 68.3 cm³/mol. The smallest absolute Gasteiger partial charge is 0.315 e.